The first-order valence-corrected chi connectivity index (χ1v) is 4.35. The van der Waals surface area contributed by atoms with Gasteiger partial charge in [0.05, 0.1) is 5.02 Å². The average Bonchev–Trinajstić information content (AvgIpc) is 2.13. The molecular formula is C10H10ClFO. The molecule has 0 saturated carbocycles. The zero-order valence-electron chi connectivity index (χ0n) is 7.00. The molecule has 0 aliphatic rings. The number of rotatable bonds is 3. The minimum Gasteiger partial charge on any atom is -0.396 e. The van der Waals surface area contributed by atoms with Crippen LogP contribution in [0.5, 0.6) is 0 Å². The highest BCUT2D eigenvalue weighted by Crippen LogP contribution is 2.20. The maximum absolute atomic E-state index is 12.9. The van der Waals surface area contributed by atoms with Crippen molar-refractivity contribution in [3.8, 4) is 0 Å². The summed E-state index contributed by atoms with van der Waals surface area (Å²) in [6, 6.07) is 4.63. The SMILES string of the molecule is OCCC=Cc1cccc(F)c1Cl. The predicted molar refractivity (Wildman–Crippen MR) is 52.1 cm³/mol. The lowest BCUT2D eigenvalue weighted by atomic mass is 10.2. The Morgan fingerprint density at radius 3 is 2.92 bits per heavy atom. The van der Waals surface area contributed by atoms with Gasteiger partial charge in [-0.1, -0.05) is 35.9 Å². The smallest absolute Gasteiger partial charge is 0.142 e. The Morgan fingerprint density at radius 1 is 1.46 bits per heavy atom. The Bertz CT molecular complexity index is 310. The number of hydrogen-bond acceptors (Lipinski definition) is 1. The van der Waals surface area contributed by atoms with E-state index in [2.05, 4.69) is 0 Å². The lowest BCUT2D eigenvalue weighted by Gasteiger charge is -1.98. The van der Waals surface area contributed by atoms with Crippen molar-refractivity contribution in [3.05, 3.63) is 40.7 Å². The molecule has 0 aliphatic heterocycles. The van der Waals surface area contributed by atoms with Gasteiger partial charge < -0.3 is 5.11 Å². The summed E-state index contributed by atoms with van der Waals surface area (Å²) in [5.74, 6) is -0.423. The van der Waals surface area contributed by atoms with Crippen LogP contribution in [-0.4, -0.2) is 11.7 Å². The molecule has 0 radical (unpaired) electrons. The number of aliphatic hydroxyl groups excluding tert-OH is 1. The molecule has 3 heteroatoms. The minimum absolute atomic E-state index is 0.0867. The molecule has 1 rings (SSSR count). The fourth-order valence-electron chi connectivity index (χ4n) is 0.934. The van der Waals surface area contributed by atoms with Gasteiger partial charge in [0.1, 0.15) is 5.82 Å². The molecule has 1 nitrogen and oxygen atoms in total. The molecule has 0 saturated heterocycles. The minimum atomic E-state index is -0.423. The Morgan fingerprint density at radius 2 is 2.23 bits per heavy atom. The van der Waals surface area contributed by atoms with E-state index in [1.54, 1.807) is 24.3 Å². The third kappa shape index (κ3) is 2.83. The molecule has 0 bridgehead atoms. The van der Waals surface area contributed by atoms with Crippen LogP contribution in [0, 0.1) is 5.82 Å². The van der Waals surface area contributed by atoms with Crippen LogP contribution in [0.3, 0.4) is 0 Å². The second kappa shape index (κ2) is 5.00. The van der Waals surface area contributed by atoms with Crippen molar-refractivity contribution in [1.29, 1.82) is 0 Å². The largest absolute Gasteiger partial charge is 0.396 e. The van der Waals surface area contributed by atoms with Crippen molar-refractivity contribution >= 4 is 17.7 Å². The Balaban J connectivity index is 2.83. The lowest BCUT2D eigenvalue weighted by molar-refractivity contribution is 0.303. The van der Waals surface area contributed by atoms with Gasteiger partial charge in [0.25, 0.3) is 0 Å². The van der Waals surface area contributed by atoms with E-state index in [9.17, 15) is 4.39 Å². The number of aliphatic hydroxyl groups is 1. The normalized spacial score (nSPS) is 11.0. The van der Waals surface area contributed by atoms with Crippen LogP contribution in [0.4, 0.5) is 4.39 Å². The van der Waals surface area contributed by atoms with Crippen molar-refractivity contribution in [2.24, 2.45) is 0 Å². The molecule has 0 unspecified atom stereocenters. The van der Waals surface area contributed by atoms with Crippen molar-refractivity contribution in [2.75, 3.05) is 6.61 Å². The first kappa shape index (κ1) is 10.2. The Kier molecular flexibility index (Phi) is 3.93. The van der Waals surface area contributed by atoms with Crippen molar-refractivity contribution < 1.29 is 9.50 Å². The highest BCUT2D eigenvalue weighted by Gasteiger charge is 2.01. The standard InChI is InChI=1S/C10H10ClFO/c11-10-8(4-1-2-7-13)5-3-6-9(10)12/h1,3-6,13H,2,7H2. The summed E-state index contributed by atoms with van der Waals surface area (Å²) in [5, 5.41) is 8.63. The summed E-state index contributed by atoms with van der Waals surface area (Å²) in [7, 11) is 0. The first-order valence-electron chi connectivity index (χ1n) is 3.97. The molecule has 1 aromatic carbocycles. The van der Waals surface area contributed by atoms with Gasteiger partial charge >= 0.3 is 0 Å². The quantitative estimate of drug-likeness (QED) is 0.796. The second-order valence-electron chi connectivity index (χ2n) is 2.56. The molecule has 0 spiro atoms. The van der Waals surface area contributed by atoms with Crippen LogP contribution >= 0.6 is 11.6 Å². The fraction of sp³-hybridized carbons (Fsp3) is 0.200. The zero-order chi connectivity index (χ0) is 9.68. The molecule has 70 valence electrons. The van der Waals surface area contributed by atoms with Crippen LogP contribution in [0.25, 0.3) is 6.08 Å². The number of hydrogen-bond donors (Lipinski definition) is 1. The summed E-state index contributed by atoms with van der Waals surface area (Å²) in [4.78, 5) is 0. The van der Waals surface area contributed by atoms with Gasteiger partial charge in [-0.05, 0) is 18.1 Å². The predicted octanol–water partition coefficient (Wildman–Crippen LogP) is 2.87. The van der Waals surface area contributed by atoms with Gasteiger partial charge in [-0.15, -0.1) is 0 Å². The van der Waals surface area contributed by atoms with Crippen molar-refractivity contribution in [3.63, 3.8) is 0 Å². The summed E-state index contributed by atoms with van der Waals surface area (Å²) in [5.41, 5.74) is 0.634. The molecule has 0 fully saturated rings. The van der Waals surface area contributed by atoms with E-state index in [4.69, 9.17) is 16.7 Å². The topological polar surface area (TPSA) is 20.2 Å². The van der Waals surface area contributed by atoms with E-state index < -0.39 is 5.82 Å². The molecule has 1 N–H and O–H groups in total. The van der Waals surface area contributed by atoms with E-state index in [0.29, 0.717) is 12.0 Å². The number of benzene rings is 1. The molecule has 0 aromatic heterocycles. The third-order valence-corrected chi connectivity index (χ3v) is 1.97. The average molecular weight is 201 g/mol. The number of halogens is 2. The maximum atomic E-state index is 12.9. The zero-order valence-corrected chi connectivity index (χ0v) is 7.76. The Hall–Kier alpha value is -0.860. The molecule has 0 amide bonds. The van der Waals surface area contributed by atoms with E-state index >= 15 is 0 Å². The van der Waals surface area contributed by atoms with E-state index in [1.807, 2.05) is 0 Å². The summed E-state index contributed by atoms with van der Waals surface area (Å²) < 4.78 is 12.9. The summed E-state index contributed by atoms with van der Waals surface area (Å²) >= 11 is 5.68. The highest BCUT2D eigenvalue weighted by atomic mass is 35.5. The monoisotopic (exact) mass is 200 g/mol. The third-order valence-electron chi connectivity index (χ3n) is 1.57. The molecule has 13 heavy (non-hydrogen) atoms. The second-order valence-corrected chi connectivity index (χ2v) is 2.94. The van der Waals surface area contributed by atoms with Crippen molar-refractivity contribution in [1.82, 2.24) is 0 Å². The van der Waals surface area contributed by atoms with Crippen LogP contribution in [0.2, 0.25) is 5.02 Å². The van der Waals surface area contributed by atoms with E-state index in [-0.39, 0.29) is 11.6 Å². The van der Waals surface area contributed by atoms with E-state index in [0.717, 1.165) is 0 Å². The molecule has 0 atom stereocenters. The lowest BCUT2D eigenvalue weighted by Crippen LogP contribution is -1.81. The maximum Gasteiger partial charge on any atom is 0.142 e. The Labute approximate surface area is 81.5 Å². The van der Waals surface area contributed by atoms with Crippen LogP contribution in [-0.2, 0) is 0 Å². The van der Waals surface area contributed by atoms with Gasteiger partial charge in [-0.25, -0.2) is 4.39 Å². The van der Waals surface area contributed by atoms with E-state index in [1.165, 1.54) is 6.07 Å². The van der Waals surface area contributed by atoms with Crippen LogP contribution < -0.4 is 0 Å². The van der Waals surface area contributed by atoms with Gasteiger partial charge in [-0.2, -0.15) is 0 Å². The molecular weight excluding hydrogens is 191 g/mol. The highest BCUT2D eigenvalue weighted by molar-refractivity contribution is 6.32. The molecule has 0 heterocycles. The van der Waals surface area contributed by atoms with Gasteiger partial charge in [-0.3, -0.25) is 0 Å². The summed E-state index contributed by atoms with van der Waals surface area (Å²) in [6.07, 6.45) is 4.00. The van der Waals surface area contributed by atoms with Gasteiger partial charge in [0.2, 0.25) is 0 Å². The van der Waals surface area contributed by atoms with Crippen LogP contribution in [0.15, 0.2) is 24.3 Å². The first-order chi connectivity index (χ1) is 6.25. The molecule has 1 aromatic rings. The van der Waals surface area contributed by atoms with Crippen LogP contribution in [0.1, 0.15) is 12.0 Å². The molecule has 0 aliphatic carbocycles. The fourth-order valence-corrected chi connectivity index (χ4v) is 1.12. The summed E-state index contributed by atoms with van der Waals surface area (Å²) in [6.45, 7) is 0.0867. The van der Waals surface area contributed by atoms with Gasteiger partial charge in [0.15, 0.2) is 0 Å². The van der Waals surface area contributed by atoms with Crippen molar-refractivity contribution in [2.45, 2.75) is 6.42 Å². The van der Waals surface area contributed by atoms with Gasteiger partial charge in [0, 0.05) is 6.61 Å².